The number of nitrogens with zero attached hydrogens (tertiary/aromatic N) is 2. The Morgan fingerprint density at radius 2 is 1.60 bits per heavy atom. The van der Waals surface area contributed by atoms with Crippen LogP contribution in [0.5, 0.6) is 0 Å². The van der Waals surface area contributed by atoms with Crippen LogP contribution in [0.2, 0.25) is 0 Å². The highest BCUT2D eigenvalue weighted by Crippen LogP contribution is 2.13. The van der Waals surface area contributed by atoms with Gasteiger partial charge in [0.2, 0.25) is 0 Å². The Morgan fingerprint density at radius 1 is 0.900 bits per heavy atom. The maximum Gasteiger partial charge on any atom is 0.0363 e. The highest BCUT2D eigenvalue weighted by atomic mass is 15.1. The molecule has 0 aliphatic carbocycles. The second-order valence-electron chi connectivity index (χ2n) is 6.07. The summed E-state index contributed by atoms with van der Waals surface area (Å²) in [6.45, 7) is 5.19. The lowest BCUT2D eigenvalue weighted by Gasteiger charge is -2.26. The van der Waals surface area contributed by atoms with Crippen LogP contribution in [0.25, 0.3) is 0 Å². The van der Waals surface area contributed by atoms with Gasteiger partial charge in [-0.05, 0) is 57.5 Å². The predicted molar refractivity (Wildman–Crippen MR) is 88.5 cm³/mol. The molecule has 0 amide bonds. The lowest BCUT2D eigenvalue weighted by atomic mass is 10.1. The minimum Gasteiger partial charge on any atom is -0.375 e. The van der Waals surface area contributed by atoms with Crippen LogP contribution in [-0.4, -0.2) is 38.1 Å². The summed E-state index contributed by atoms with van der Waals surface area (Å²) >= 11 is 0. The van der Waals surface area contributed by atoms with Crippen LogP contribution >= 0.6 is 0 Å². The molecule has 0 saturated carbocycles. The molecule has 2 nitrogen and oxygen atoms in total. The zero-order valence-corrected chi connectivity index (χ0v) is 13.1. The van der Waals surface area contributed by atoms with Gasteiger partial charge in [0, 0.05) is 19.3 Å². The van der Waals surface area contributed by atoms with Gasteiger partial charge in [0.15, 0.2) is 0 Å². The van der Waals surface area contributed by atoms with E-state index in [0.717, 1.165) is 0 Å². The highest BCUT2D eigenvalue weighted by molar-refractivity contribution is 5.44. The maximum absolute atomic E-state index is 2.65. The van der Waals surface area contributed by atoms with Gasteiger partial charge in [-0.1, -0.05) is 37.5 Å². The van der Waals surface area contributed by atoms with Crippen LogP contribution in [0.3, 0.4) is 0 Å². The van der Waals surface area contributed by atoms with Crippen LogP contribution in [0.15, 0.2) is 30.3 Å². The van der Waals surface area contributed by atoms with Gasteiger partial charge in [-0.25, -0.2) is 0 Å². The average molecular weight is 274 g/mol. The monoisotopic (exact) mass is 274 g/mol. The van der Waals surface area contributed by atoms with Crippen LogP contribution in [0.1, 0.15) is 44.9 Å². The number of anilines is 1. The molecular formula is C18H30N2. The second kappa shape index (κ2) is 9.02. The molecule has 1 aliphatic heterocycles. The van der Waals surface area contributed by atoms with Crippen molar-refractivity contribution in [3.63, 3.8) is 0 Å². The van der Waals surface area contributed by atoms with Gasteiger partial charge in [-0.15, -0.1) is 0 Å². The quantitative estimate of drug-likeness (QED) is 0.656. The number of benzene rings is 1. The second-order valence-corrected chi connectivity index (χ2v) is 6.07. The summed E-state index contributed by atoms with van der Waals surface area (Å²) in [4.78, 5) is 5.02. The van der Waals surface area contributed by atoms with E-state index in [2.05, 4.69) is 47.2 Å². The molecule has 0 aromatic heterocycles. The zero-order chi connectivity index (χ0) is 14.0. The van der Waals surface area contributed by atoms with Gasteiger partial charge >= 0.3 is 0 Å². The van der Waals surface area contributed by atoms with Crippen molar-refractivity contribution in [2.24, 2.45) is 0 Å². The number of hydrogen-bond donors (Lipinski definition) is 0. The molecule has 2 rings (SSSR count). The Balaban J connectivity index is 1.49. The zero-order valence-electron chi connectivity index (χ0n) is 13.1. The first-order valence-corrected chi connectivity index (χ1v) is 8.35. The fraction of sp³-hybridized carbons (Fsp3) is 0.667. The molecule has 0 bridgehead atoms. The Labute approximate surface area is 124 Å². The van der Waals surface area contributed by atoms with E-state index in [4.69, 9.17) is 0 Å². The third-order valence-electron chi connectivity index (χ3n) is 4.36. The van der Waals surface area contributed by atoms with Crippen molar-refractivity contribution >= 4 is 5.69 Å². The fourth-order valence-electron chi connectivity index (χ4n) is 3.03. The van der Waals surface area contributed by atoms with E-state index in [1.807, 2.05) is 0 Å². The molecule has 1 aliphatic rings. The predicted octanol–water partition coefficient (Wildman–Crippen LogP) is 4.17. The van der Waals surface area contributed by atoms with E-state index < -0.39 is 0 Å². The molecule has 1 saturated heterocycles. The van der Waals surface area contributed by atoms with E-state index in [9.17, 15) is 0 Å². The molecule has 0 radical (unpaired) electrons. The largest absolute Gasteiger partial charge is 0.375 e. The number of hydrogen-bond acceptors (Lipinski definition) is 2. The van der Waals surface area contributed by atoms with Crippen LogP contribution in [-0.2, 0) is 0 Å². The van der Waals surface area contributed by atoms with Crippen LogP contribution in [0.4, 0.5) is 5.69 Å². The first-order valence-electron chi connectivity index (χ1n) is 8.35. The van der Waals surface area contributed by atoms with Crippen molar-refractivity contribution in [2.45, 2.75) is 44.9 Å². The summed E-state index contributed by atoms with van der Waals surface area (Å²) in [6.07, 6.45) is 9.73. The molecule has 2 heteroatoms. The lowest BCUT2D eigenvalue weighted by Crippen LogP contribution is -2.30. The number of likely N-dealkylation sites (tertiary alicyclic amines) is 1. The third-order valence-corrected chi connectivity index (χ3v) is 4.36. The molecule has 0 N–H and O–H groups in total. The summed E-state index contributed by atoms with van der Waals surface area (Å²) in [6, 6.07) is 10.7. The number of rotatable bonds is 8. The molecule has 0 spiro atoms. The van der Waals surface area contributed by atoms with Crippen molar-refractivity contribution in [1.82, 2.24) is 4.90 Å². The molecule has 112 valence electrons. The Hall–Kier alpha value is -1.02. The minimum absolute atomic E-state index is 1.17. The molecule has 1 aromatic carbocycles. The topological polar surface area (TPSA) is 6.48 Å². The van der Waals surface area contributed by atoms with E-state index in [-0.39, 0.29) is 0 Å². The maximum atomic E-state index is 2.65. The van der Waals surface area contributed by atoms with Crippen molar-refractivity contribution in [2.75, 3.05) is 38.1 Å². The fourth-order valence-corrected chi connectivity index (χ4v) is 3.03. The molecule has 1 fully saturated rings. The van der Waals surface area contributed by atoms with E-state index >= 15 is 0 Å². The van der Waals surface area contributed by atoms with Gasteiger partial charge in [0.05, 0.1) is 0 Å². The molecule has 20 heavy (non-hydrogen) atoms. The van der Waals surface area contributed by atoms with Gasteiger partial charge < -0.3 is 9.80 Å². The van der Waals surface area contributed by atoms with Gasteiger partial charge in [0.1, 0.15) is 0 Å². The Bertz CT molecular complexity index is 344. The summed E-state index contributed by atoms with van der Waals surface area (Å²) < 4.78 is 0. The number of piperidine rings is 1. The van der Waals surface area contributed by atoms with Gasteiger partial charge in [0.25, 0.3) is 0 Å². The highest BCUT2D eigenvalue weighted by Gasteiger charge is 2.08. The Kier molecular flexibility index (Phi) is 6.93. The molecular weight excluding hydrogens is 244 g/mol. The molecule has 0 atom stereocenters. The number of para-hydroxylation sites is 1. The minimum atomic E-state index is 1.17. The smallest absolute Gasteiger partial charge is 0.0363 e. The Morgan fingerprint density at radius 3 is 2.35 bits per heavy atom. The summed E-state index contributed by atoms with van der Waals surface area (Å²) in [5.41, 5.74) is 1.33. The first-order chi connectivity index (χ1) is 9.86. The van der Waals surface area contributed by atoms with Gasteiger partial charge in [-0.3, -0.25) is 0 Å². The summed E-state index contributed by atoms with van der Waals surface area (Å²) in [7, 11) is 2.20. The lowest BCUT2D eigenvalue weighted by molar-refractivity contribution is 0.224. The van der Waals surface area contributed by atoms with Crippen LogP contribution < -0.4 is 4.90 Å². The van der Waals surface area contributed by atoms with Crippen molar-refractivity contribution in [3.05, 3.63) is 30.3 Å². The summed E-state index contributed by atoms with van der Waals surface area (Å²) in [5.74, 6) is 0. The van der Waals surface area contributed by atoms with Crippen molar-refractivity contribution in [3.8, 4) is 0 Å². The molecule has 1 heterocycles. The first kappa shape index (κ1) is 15.4. The van der Waals surface area contributed by atoms with E-state index in [0.29, 0.717) is 0 Å². The average Bonchev–Trinajstić information content (AvgIpc) is 2.52. The standard InChI is InChI=1S/C18H30N2/c1-19(18-12-6-4-7-13-18)14-8-2-3-9-15-20-16-10-5-11-17-20/h4,6-7,12-13H,2-3,5,8-11,14-17H2,1H3. The normalized spacial score (nSPS) is 16.2. The SMILES string of the molecule is CN(CCCCCCN1CCCCC1)c1ccccc1. The molecule has 1 aromatic rings. The number of unbranched alkanes of at least 4 members (excludes halogenated alkanes) is 3. The van der Waals surface area contributed by atoms with E-state index in [1.165, 1.54) is 76.8 Å². The van der Waals surface area contributed by atoms with Crippen LogP contribution in [0, 0.1) is 0 Å². The molecule has 0 unspecified atom stereocenters. The van der Waals surface area contributed by atoms with E-state index in [1.54, 1.807) is 0 Å². The van der Waals surface area contributed by atoms with Gasteiger partial charge in [-0.2, -0.15) is 0 Å². The third kappa shape index (κ3) is 5.54. The van der Waals surface area contributed by atoms with Crippen molar-refractivity contribution in [1.29, 1.82) is 0 Å². The summed E-state index contributed by atoms with van der Waals surface area (Å²) in [5, 5.41) is 0. The van der Waals surface area contributed by atoms with Crippen molar-refractivity contribution < 1.29 is 0 Å².